The van der Waals surface area contributed by atoms with Crippen molar-refractivity contribution in [2.45, 2.75) is 31.4 Å². The van der Waals surface area contributed by atoms with Crippen LogP contribution in [0, 0.1) is 0 Å². The minimum absolute atomic E-state index is 0.0569. The molecule has 0 aliphatic carbocycles. The van der Waals surface area contributed by atoms with Crippen LogP contribution >= 0.6 is 12.8 Å². The van der Waals surface area contributed by atoms with Gasteiger partial charge in [0.2, 0.25) is 0 Å². The Morgan fingerprint density at radius 3 is 2.50 bits per heavy atom. The van der Waals surface area contributed by atoms with Gasteiger partial charge in [-0.3, -0.25) is 0 Å². The van der Waals surface area contributed by atoms with Crippen molar-refractivity contribution in [1.82, 2.24) is 4.31 Å². The average molecular weight is 159 g/mol. The van der Waals surface area contributed by atoms with E-state index in [0.29, 0.717) is 0 Å². The van der Waals surface area contributed by atoms with E-state index in [9.17, 15) is 0 Å². The van der Waals surface area contributed by atoms with Gasteiger partial charge in [-0.25, -0.2) is 4.31 Å². The Balaban J connectivity index is 2.03. The predicted molar refractivity (Wildman–Crippen MR) is 42.8 cm³/mol. The molecule has 1 atom stereocenters. The van der Waals surface area contributed by atoms with Gasteiger partial charge in [0.15, 0.2) is 0 Å². The maximum Gasteiger partial charge on any atom is 0.132 e. The molecule has 2 nitrogen and oxygen atoms in total. The number of rotatable bonds is 0. The highest BCUT2D eigenvalue weighted by Crippen LogP contribution is 2.39. The van der Waals surface area contributed by atoms with E-state index in [1.165, 1.54) is 25.7 Å². The first-order valence-corrected chi connectivity index (χ1v) is 4.34. The molecule has 10 heavy (non-hydrogen) atoms. The molecule has 0 N–H and O–H groups in total. The summed E-state index contributed by atoms with van der Waals surface area (Å²) in [6, 6.07) is 0. The number of ether oxygens (including phenoxy) is 1. The summed E-state index contributed by atoms with van der Waals surface area (Å²) >= 11 is 4.38. The minimum Gasteiger partial charge on any atom is -0.359 e. The molecule has 0 aromatic rings. The lowest BCUT2D eigenvalue weighted by atomic mass is 9.94. The Hall–Kier alpha value is 0.270. The minimum atomic E-state index is 0.0569. The van der Waals surface area contributed by atoms with E-state index in [2.05, 4.69) is 17.1 Å². The largest absolute Gasteiger partial charge is 0.359 e. The molecule has 1 unspecified atom stereocenters. The van der Waals surface area contributed by atoms with Gasteiger partial charge in [-0.15, -0.1) is 0 Å². The van der Waals surface area contributed by atoms with Gasteiger partial charge in [-0.05, 0) is 19.3 Å². The first-order valence-electron chi connectivity index (χ1n) is 3.94. The summed E-state index contributed by atoms with van der Waals surface area (Å²) in [4.78, 5) is 0. The van der Waals surface area contributed by atoms with Gasteiger partial charge in [0.05, 0.1) is 6.61 Å². The van der Waals surface area contributed by atoms with Crippen molar-refractivity contribution in [2.75, 3.05) is 13.2 Å². The van der Waals surface area contributed by atoms with Crippen molar-refractivity contribution in [3.63, 3.8) is 0 Å². The molecule has 0 aromatic carbocycles. The molecule has 0 saturated carbocycles. The molecule has 0 radical (unpaired) electrons. The van der Waals surface area contributed by atoms with Crippen LogP contribution < -0.4 is 0 Å². The van der Waals surface area contributed by atoms with Crippen molar-refractivity contribution < 1.29 is 4.74 Å². The lowest BCUT2D eigenvalue weighted by molar-refractivity contribution is -0.220. The van der Waals surface area contributed by atoms with E-state index < -0.39 is 0 Å². The van der Waals surface area contributed by atoms with Gasteiger partial charge in [-0.2, -0.15) is 0 Å². The van der Waals surface area contributed by atoms with Gasteiger partial charge in [0.25, 0.3) is 0 Å². The van der Waals surface area contributed by atoms with Gasteiger partial charge in [0, 0.05) is 13.0 Å². The van der Waals surface area contributed by atoms with Crippen molar-refractivity contribution in [1.29, 1.82) is 0 Å². The SMILES string of the molecule is SN1CCCCC12CCO2. The fourth-order valence-electron chi connectivity index (χ4n) is 1.73. The molecular weight excluding hydrogens is 146 g/mol. The Morgan fingerprint density at radius 2 is 2.10 bits per heavy atom. The van der Waals surface area contributed by atoms with E-state index >= 15 is 0 Å². The molecule has 0 aromatic heterocycles. The molecule has 2 rings (SSSR count). The molecule has 1 spiro atoms. The maximum atomic E-state index is 5.52. The zero-order valence-corrected chi connectivity index (χ0v) is 6.94. The fraction of sp³-hybridized carbons (Fsp3) is 1.00. The number of thiol groups is 1. The van der Waals surface area contributed by atoms with Crippen LogP contribution in [-0.4, -0.2) is 23.2 Å². The second-order valence-electron chi connectivity index (χ2n) is 3.12. The van der Waals surface area contributed by atoms with E-state index in [4.69, 9.17) is 4.74 Å². The van der Waals surface area contributed by atoms with Crippen LogP contribution in [0.4, 0.5) is 0 Å². The predicted octanol–water partition coefficient (Wildman–Crippen LogP) is 1.43. The Bertz CT molecular complexity index is 136. The van der Waals surface area contributed by atoms with E-state index in [1.807, 2.05) is 0 Å². The highest BCUT2D eigenvalue weighted by molar-refractivity contribution is 7.77. The highest BCUT2D eigenvalue weighted by Gasteiger charge is 2.44. The van der Waals surface area contributed by atoms with Crippen LogP contribution in [0.1, 0.15) is 25.7 Å². The van der Waals surface area contributed by atoms with Gasteiger partial charge < -0.3 is 4.74 Å². The number of nitrogens with zero attached hydrogens (tertiary/aromatic N) is 1. The Labute approximate surface area is 67.1 Å². The lowest BCUT2D eigenvalue weighted by Gasteiger charge is -2.50. The first-order chi connectivity index (χ1) is 4.83. The zero-order chi connectivity index (χ0) is 7.03. The van der Waals surface area contributed by atoms with Crippen LogP contribution in [0.25, 0.3) is 0 Å². The van der Waals surface area contributed by atoms with Crippen molar-refractivity contribution in [2.24, 2.45) is 0 Å². The van der Waals surface area contributed by atoms with E-state index in [0.717, 1.165) is 13.2 Å². The summed E-state index contributed by atoms with van der Waals surface area (Å²) in [5.74, 6) is 0. The van der Waals surface area contributed by atoms with Crippen molar-refractivity contribution in [3.8, 4) is 0 Å². The second-order valence-corrected chi connectivity index (χ2v) is 3.61. The molecular formula is C7H13NOS. The smallest absolute Gasteiger partial charge is 0.132 e. The Morgan fingerprint density at radius 1 is 1.30 bits per heavy atom. The third kappa shape index (κ3) is 0.881. The summed E-state index contributed by atoms with van der Waals surface area (Å²) < 4.78 is 7.59. The maximum absolute atomic E-state index is 5.52. The second kappa shape index (κ2) is 2.40. The molecule has 0 amide bonds. The standard InChI is InChI=1S/C7H13NOS/c10-8-5-2-1-3-7(8)4-6-9-7/h10H,1-6H2. The lowest BCUT2D eigenvalue weighted by Crippen LogP contribution is -2.56. The van der Waals surface area contributed by atoms with Gasteiger partial charge in [-0.1, -0.05) is 12.8 Å². The molecule has 2 fully saturated rings. The van der Waals surface area contributed by atoms with Crippen LogP contribution in [0.15, 0.2) is 0 Å². The average Bonchev–Trinajstić information content (AvgIpc) is 1.85. The van der Waals surface area contributed by atoms with Gasteiger partial charge in [0.1, 0.15) is 5.72 Å². The molecule has 0 bridgehead atoms. The van der Waals surface area contributed by atoms with E-state index in [1.54, 1.807) is 0 Å². The molecule has 2 aliphatic heterocycles. The van der Waals surface area contributed by atoms with E-state index in [-0.39, 0.29) is 5.72 Å². The highest BCUT2D eigenvalue weighted by atomic mass is 32.1. The molecule has 58 valence electrons. The molecule has 2 heterocycles. The molecule has 2 saturated heterocycles. The quantitative estimate of drug-likeness (QED) is 0.537. The first kappa shape index (κ1) is 6.95. The summed E-state index contributed by atoms with van der Waals surface area (Å²) in [5, 5.41) is 0. The number of piperidine rings is 1. The Kier molecular flexibility index (Phi) is 1.66. The monoisotopic (exact) mass is 159 g/mol. The number of hydrogen-bond donors (Lipinski definition) is 1. The van der Waals surface area contributed by atoms with Gasteiger partial charge >= 0.3 is 0 Å². The topological polar surface area (TPSA) is 12.5 Å². The fourth-order valence-corrected chi connectivity index (χ4v) is 2.13. The summed E-state index contributed by atoms with van der Waals surface area (Å²) in [6.45, 7) is 2.01. The van der Waals surface area contributed by atoms with Crippen LogP contribution in [-0.2, 0) is 4.74 Å². The van der Waals surface area contributed by atoms with Crippen LogP contribution in [0.3, 0.4) is 0 Å². The third-order valence-corrected chi connectivity index (χ3v) is 3.09. The normalized spacial score (nSPS) is 41.7. The van der Waals surface area contributed by atoms with Crippen LogP contribution in [0.2, 0.25) is 0 Å². The summed E-state index contributed by atoms with van der Waals surface area (Å²) in [5.41, 5.74) is 0.0569. The molecule has 3 heteroatoms. The number of hydrogen-bond acceptors (Lipinski definition) is 3. The van der Waals surface area contributed by atoms with Crippen molar-refractivity contribution in [3.05, 3.63) is 0 Å². The van der Waals surface area contributed by atoms with Crippen molar-refractivity contribution >= 4 is 12.8 Å². The molecule has 2 aliphatic rings. The third-order valence-electron chi connectivity index (χ3n) is 2.52. The van der Waals surface area contributed by atoms with Crippen LogP contribution in [0.5, 0.6) is 0 Å². The summed E-state index contributed by atoms with van der Waals surface area (Å²) in [6.07, 6.45) is 4.93. The summed E-state index contributed by atoms with van der Waals surface area (Å²) in [7, 11) is 0. The zero-order valence-electron chi connectivity index (χ0n) is 6.05.